The van der Waals surface area contributed by atoms with Gasteiger partial charge >= 0.3 is 20.4 Å². The molecule has 452 valence electrons. The van der Waals surface area contributed by atoms with E-state index in [0.29, 0.717) is 62.4 Å². The van der Waals surface area contributed by atoms with E-state index in [2.05, 4.69) is 78.9 Å². The van der Waals surface area contributed by atoms with Gasteiger partial charge < -0.3 is 19.1 Å². The minimum Gasteiger partial charge on any atom is -0.491 e. The van der Waals surface area contributed by atoms with E-state index in [9.17, 15) is 25.6 Å². The van der Waals surface area contributed by atoms with Crippen molar-refractivity contribution in [2.45, 2.75) is 141 Å². The van der Waals surface area contributed by atoms with Crippen molar-refractivity contribution in [3.8, 4) is 11.5 Å². The van der Waals surface area contributed by atoms with Gasteiger partial charge in [0.25, 0.3) is 0 Å². The first-order valence-electron chi connectivity index (χ1n) is 29.0. The van der Waals surface area contributed by atoms with Crippen LogP contribution < -0.4 is 22.8 Å². The molecular weight excluding hydrogens is 1190 g/mol. The smallest absolute Gasteiger partial charge is 0.328 e. The van der Waals surface area contributed by atoms with E-state index in [1.807, 2.05) is 113 Å². The summed E-state index contributed by atoms with van der Waals surface area (Å²) < 4.78 is 102. The Kier molecular flexibility index (Phi) is 18.9. The third-order valence-corrected chi connectivity index (χ3v) is 20.3. The van der Waals surface area contributed by atoms with Crippen LogP contribution in [0.15, 0.2) is 168 Å². The van der Waals surface area contributed by atoms with E-state index in [4.69, 9.17) is 19.1 Å². The third-order valence-electron chi connectivity index (χ3n) is 16.3. The summed E-state index contributed by atoms with van der Waals surface area (Å²) >= 11 is 3.30. The number of rotatable bonds is 12. The maximum absolute atomic E-state index is 14.5. The molecule has 6 aromatic rings. The van der Waals surface area contributed by atoms with E-state index < -0.39 is 43.1 Å². The lowest BCUT2D eigenvalue weighted by Crippen LogP contribution is -2.57. The normalized spacial score (nSPS) is 25.2. The molecule has 6 heterocycles. The number of piperidine rings is 2. The number of nitrogens with one attached hydrogen (secondary N) is 1. The van der Waals surface area contributed by atoms with Crippen molar-refractivity contribution in [3.63, 3.8) is 0 Å². The maximum Gasteiger partial charge on any atom is 0.328 e. The molecule has 0 aromatic heterocycles. The molecule has 6 aliphatic heterocycles. The molecule has 12 rings (SSSR count). The Labute approximate surface area is 507 Å². The van der Waals surface area contributed by atoms with Crippen LogP contribution in [0, 0.1) is 11.6 Å². The lowest BCUT2D eigenvalue weighted by atomic mass is 9.82. The Morgan fingerprint density at radius 3 is 1.59 bits per heavy atom. The first kappa shape index (κ1) is 61.5. The van der Waals surface area contributed by atoms with Crippen molar-refractivity contribution in [2.75, 3.05) is 34.8 Å². The second-order valence-electron chi connectivity index (χ2n) is 23.3. The number of halogens is 3. The van der Waals surface area contributed by atoms with Crippen LogP contribution >= 0.6 is 15.9 Å². The second-order valence-corrected chi connectivity index (χ2v) is 27.6. The fourth-order valence-corrected chi connectivity index (χ4v) is 16.6. The number of benzene rings is 6. The highest BCUT2D eigenvalue weighted by molar-refractivity contribution is 9.18. The van der Waals surface area contributed by atoms with Crippen LogP contribution in [0.25, 0.3) is 0 Å². The van der Waals surface area contributed by atoms with Crippen molar-refractivity contribution < 1.29 is 44.8 Å². The standard InChI is InChI=1S/C32H37FN4O4S.C23H30FN3O3S.C9H8BrNO/c1-23(2)40-29-14-7-9-25(17-29)21-35-16-15-32(20-24(35)3)22-36(31-19-30(41-34-31)26-10-5-4-6-11-26)42(38,39)37(32)28-13-8-12-27(33)18-28;1-17(2)30-22-9-4-6-19(12-22)15-26-11-10-23(14-18(26)3)16-25-31(28,29)27(23)21-8-5-7-20(24)13-21;10-9-6-8(12-11-9)7-4-2-1-3-5-7/h4-14,17-18,23-24,30H,15-16,19-22H2,1-3H3;4-9,12-13,17-18,25H,10-11,14-16H2,1-3H3;1-5,8H,6H2/t24-,30?,32+;18-,23+;/m00./s1. The molecule has 0 bridgehead atoms. The lowest BCUT2D eigenvalue weighted by Gasteiger charge is -2.47. The number of nitrogens with zero attached hydrogens (tertiary/aromatic N) is 7. The van der Waals surface area contributed by atoms with Crippen molar-refractivity contribution in [3.05, 3.63) is 192 Å². The zero-order chi connectivity index (χ0) is 60.1. The molecule has 0 amide bonds. The highest BCUT2D eigenvalue weighted by Gasteiger charge is 2.58. The molecule has 6 aromatic carbocycles. The Balaban J connectivity index is 0.000000162. The molecule has 6 aliphatic rings. The Morgan fingerprint density at radius 1 is 0.612 bits per heavy atom. The van der Waals surface area contributed by atoms with Gasteiger partial charge in [0.1, 0.15) is 27.8 Å². The quantitative estimate of drug-likeness (QED) is 0.125. The topological polar surface area (TPSA) is 158 Å². The monoisotopic (exact) mass is 1260 g/mol. The molecule has 0 aliphatic carbocycles. The van der Waals surface area contributed by atoms with Gasteiger partial charge in [-0.05, 0) is 166 Å². The number of oxime groups is 2. The summed E-state index contributed by atoms with van der Waals surface area (Å²) in [5.41, 5.74) is 3.78. The third kappa shape index (κ3) is 14.3. The van der Waals surface area contributed by atoms with E-state index in [1.165, 1.54) is 48.3 Å². The van der Waals surface area contributed by atoms with Crippen LogP contribution in [0.5, 0.6) is 11.5 Å². The highest BCUT2D eigenvalue weighted by Crippen LogP contribution is 2.47. The minimum atomic E-state index is -4.06. The van der Waals surface area contributed by atoms with Gasteiger partial charge in [-0.15, -0.1) is 0 Å². The fourth-order valence-electron chi connectivity index (χ4n) is 12.5. The number of anilines is 2. The van der Waals surface area contributed by atoms with Gasteiger partial charge in [-0.25, -0.2) is 17.4 Å². The van der Waals surface area contributed by atoms with Crippen LogP contribution in [0.1, 0.15) is 115 Å². The summed E-state index contributed by atoms with van der Waals surface area (Å²) in [6, 6.07) is 47.9. The van der Waals surface area contributed by atoms with Gasteiger partial charge in [-0.3, -0.25) is 14.1 Å². The number of ether oxygens (including phenoxy) is 2. The van der Waals surface area contributed by atoms with Gasteiger partial charge in [-0.1, -0.05) is 107 Å². The largest absolute Gasteiger partial charge is 0.491 e. The van der Waals surface area contributed by atoms with E-state index in [0.717, 1.165) is 53.3 Å². The lowest BCUT2D eigenvalue weighted by molar-refractivity contribution is 0.0855. The van der Waals surface area contributed by atoms with Gasteiger partial charge in [0.05, 0.1) is 47.6 Å². The molecule has 4 saturated heterocycles. The van der Waals surface area contributed by atoms with Crippen LogP contribution in [-0.2, 0) is 43.2 Å². The molecule has 0 saturated carbocycles. The summed E-state index contributed by atoms with van der Waals surface area (Å²) in [4.78, 5) is 15.7. The first-order chi connectivity index (χ1) is 40.7. The molecule has 2 unspecified atom stereocenters. The van der Waals surface area contributed by atoms with Crippen LogP contribution in [0.2, 0.25) is 0 Å². The molecule has 0 radical (unpaired) electrons. The van der Waals surface area contributed by atoms with E-state index in [-0.39, 0.29) is 43.0 Å². The first-order valence-corrected chi connectivity index (χ1v) is 32.7. The van der Waals surface area contributed by atoms with Crippen LogP contribution in [-0.4, -0.2) is 103 Å². The molecule has 6 atom stereocenters. The van der Waals surface area contributed by atoms with Crippen molar-refractivity contribution in [1.29, 1.82) is 0 Å². The predicted octanol–water partition coefficient (Wildman–Crippen LogP) is 12.4. The summed E-state index contributed by atoms with van der Waals surface area (Å²) in [6.45, 7) is 15.8. The Bertz CT molecular complexity index is 3570. The number of amidine groups is 1. The Hall–Kier alpha value is -6.62. The zero-order valence-corrected chi connectivity index (χ0v) is 52.0. The maximum atomic E-state index is 14.5. The second kappa shape index (κ2) is 26.2. The van der Waals surface area contributed by atoms with Gasteiger partial charge in [-0.2, -0.15) is 21.6 Å². The van der Waals surface area contributed by atoms with Gasteiger partial charge in [0.15, 0.2) is 18.0 Å². The molecule has 4 fully saturated rings. The van der Waals surface area contributed by atoms with Crippen LogP contribution in [0.4, 0.5) is 20.2 Å². The summed E-state index contributed by atoms with van der Waals surface area (Å²) in [6.07, 6.45) is 3.63. The predicted molar refractivity (Wildman–Crippen MR) is 332 cm³/mol. The van der Waals surface area contributed by atoms with Gasteiger partial charge in [0.2, 0.25) is 0 Å². The molecule has 21 heteroatoms. The molecule has 1 N–H and O–H groups in total. The van der Waals surface area contributed by atoms with Crippen LogP contribution in [0.3, 0.4) is 0 Å². The number of hydrogen-bond donors (Lipinski definition) is 1. The number of hydrogen-bond acceptors (Lipinski definition) is 12. The van der Waals surface area contributed by atoms with Crippen molar-refractivity contribution >= 4 is 58.2 Å². The fraction of sp³-hybridized carbons (Fsp3) is 0.406. The summed E-state index contributed by atoms with van der Waals surface area (Å²) in [5, 5.41) is 8.08. The highest BCUT2D eigenvalue weighted by atomic mass is 79.9. The number of likely N-dealkylation sites (tertiary alicyclic amines) is 2. The zero-order valence-electron chi connectivity index (χ0n) is 48.8. The average Bonchev–Trinajstić information content (AvgIpc) is 1.81. The Morgan fingerprint density at radius 2 is 1.09 bits per heavy atom. The van der Waals surface area contributed by atoms with Crippen molar-refractivity contribution in [2.24, 2.45) is 10.3 Å². The molecule has 2 spiro atoms. The summed E-state index contributed by atoms with van der Waals surface area (Å²) in [7, 11) is -7.76. The SMILES string of the molecule is BrC1=NOC(c2ccccc2)C1.CC(C)Oc1cccc(CN2CC[C@@]3(C[C@@H]2C)CN(C2=NOC(c4ccccc4)C2)S(=O)(=O)N3c2cccc(F)c2)c1.CC(C)Oc1cccc(CN2CC[C@]3(CNS(=O)(=O)N3c3cccc(F)c3)C[C@@H]2C)c1. The van der Waals surface area contributed by atoms with Gasteiger partial charge in [0, 0.05) is 51.2 Å². The summed E-state index contributed by atoms with van der Waals surface area (Å²) in [5.74, 6) is 1.16. The van der Waals surface area contributed by atoms with Crippen molar-refractivity contribution in [1.82, 2.24) is 18.8 Å². The molecular formula is C64H75BrF2N8O8S2. The molecule has 85 heavy (non-hydrogen) atoms. The van der Waals surface area contributed by atoms with E-state index >= 15 is 0 Å². The van der Waals surface area contributed by atoms with E-state index in [1.54, 1.807) is 24.3 Å². The average molecular weight is 1270 g/mol. The minimum absolute atomic E-state index is 0.0680. The molecule has 16 nitrogen and oxygen atoms in total.